The minimum atomic E-state index is 0. The van der Waals surface area contributed by atoms with Crippen molar-refractivity contribution in [3.05, 3.63) is 28.5 Å². The highest BCUT2D eigenvalue weighted by Crippen LogP contribution is 2.08. The fourth-order valence-corrected chi connectivity index (χ4v) is 2.06. The van der Waals surface area contributed by atoms with Crippen molar-refractivity contribution >= 4 is 28.3 Å². The van der Waals surface area contributed by atoms with Crippen molar-refractivity contribution in [3.8, 4) is 0 Å². The van der Waals surface area contributed by atoms with Gasteiger partial charge in [-0.1, -0.05) is 0 Å². The second-order valence-corrected chi connectivity index (χ2v) is 4.37. The highest BCUT2D eigenvalue weighted by atomic mass is 79.9. The molecule has 0 bridgehead atoms. The van der Waals surface area contributed by atoms with Crippen LogP contribution in [-0.4, -0.2) is 24.1 Å². The summed E-state index contributed by atoms with van der Waals surface area (Å²) in [5, 5.41) is 6.85. The lowest BCUT2D eigenvalue weighted by molar-refractivity contribution is 0.547. The predicted octanol–water partition coefficient (Wildman–Crippen LogP) is 1.72. The van der Waals surface area contributed by atoms with Gasteiger partial charge in [-0.2, -0.15) is 0 Å². The van der Waals surface area contributed by atoms with Gasteiger partial charge in [0.15, 0.2) is 0 Å². The predicted molar refractivity (Wildman–Crippen MR) is 67.3 cm³/mol. The van der Waals surface area contributed by atoms with Crippen LogP contribution in [0.2, 0.25) is 0 Å². The van der Waals surface area contributed by atoms with E-state index in [4.69, 9.17) is 0 Å². The zero-order valence-corrected chi connectivity index (χ0v) is 10.8. The highest BCUT2D eigenvalue weighted by Gasteiger charge is 2.12. The van der Waals surface area contributed by atoms with E-state index in [1.165, 1.54) is 12.0 Å². The van der Waals surface area contributed by atoms with Gasteiger partial charge in [-0.3, -0.25) is 0 Å². The molecule has 0 amide bonds. The summed E-state index contributed by atoms with van der Waals surface area (Å²) in [5.41, 5.74) is 1.28. The molecule has 0 aromatic carbocycles. The molecule has 2 N–H and O–H groups in total. The maximum Gasteiger partial charge on any atom is 0.106 e. The van der Waals surface area contributed by atoms with Crippen molar-refractivity contribution in [2.75, 3.05) is 13.1 Å². The van der Waals surface area contributed by atoms with Crippen LogP contribution in [0.4, 0.5) is 0 Å². The fourth-order valence-electron chi connectivity index (χ4n) is 1.64. The van der Waals surface area contributed by atoms with Gasteiger partial charge in [-0.05, 0) is 46.6 Å². The zero-order chi connectivity index (χ0) is 9.80. The molecule has 3 nitrogen and oxygen atoms in total. The third kappa shape index (κ3) is 4.07. The Morgan fingerprint density at radius 2 is 2.47 bits per heavy atom. The average Bonchev–Trinajstić information content (AvgIpc) is 2.67. The molecule has 1 aromatic heterocycles. The summed E-state index contributed by atoms with van der Waals surface area (Å²) in [5.74, 6) is 0. The molecule has 84 valence electrons. The van der Waals surface area contributed by atoms with Gasteiger partial charge in [0.05, 0.1) is 0 Å². The minimum Gasteiger partial charge on any atom is -0.315 e. The molecule has 2 heterocycles. The van der Waals surface area contributed by atoms with Crippen LogP contribution in [0.1, 0.15) is 12.0 Å². The second kappa shape index (κ2) is 6.43. The monoisotopic (exact) mass is 291 g/mol. The summed E-state index contributed by atoms with van der Waals surface area (Å²) in [6.07, 6.45) is 3.06. The summed E-state index contributed by atoms with van der Waals surface area (Å²) >= 11 is 3.36. The van der Waals surface area contributed by atoms with Gasteiger partial charge < -0.3 is 10.6 Å². The Kier molecular flexibility index (Phi) is 5.53. The van der Waals surface area contributed by atoms with Gasteiger partial charge in [-0.25, -0.2) is 4.98 Å². The van der Waals surface area contributed by atoms with E-state index in [1.54, 1.807) is 0 Å². The molecule has 1 aromatic rings. The molecular weight excluding hydrogens is 277 g/mol. The van der Waals surface area contributed by atoms with E-state index >= 15 is 0 Å². The van der Waals surface area contributed by atoms with Gasteiger partial charge >= 0.3 is 0 Å². The van der Waals surface area contributed by atoms with Gasteiger partial charge in [0.25, 0.3) is 0 Å². The Morgan fingerprint density at radius 1 is 1.60 bits per heavy atom. The largest absolute Gasteiger partial charge is 0.315 e. The van der Waals surface area contributed by atoms with Crippen molar-refractivity contribution in [2.45, 2.75) is 19.0 Å². The molecule has 1 aliphatic rings. The Balaban J connectivity index is 0.00000112. The molecule has 1 fully saturated rings. The maximum absolute atomic E-state index is 4.10. The number of nitrogens with zero attached hydrogens (tertiary/aromatic N) is 1. The van der Waals surface area contributed by atoms with E-state index in [9.17, 15) is 0 Å². The molecule has 5 heteroatoms. The number of hydrogen-bond acceptors (Lipinski definition) is 3. The summed E-state index contributed by atoms with van der Waals surface area (Å²) in [4.78, 5) is 4.10. The van der Waals surface area contributed by atoms with Crippen LogP contribution in [0.15, 0.2) is 22.9 Å². The standard InChI is InChI=1S/C10H14BrN3.ClH/c11-10-5-8(1-4-13-10)6-14-9-2-3-12-7-9;/h1,4-5,9,12,14H,2-3,6-7H2;1H/t9-;/m1./s1. The highest BCUT2D eigenvalue weighted by molar-refractivity contribution is 9.10. The van der Waals surface area contributed by atoms with Crippen LogP contribution in [0.5, 0.6) is 0 Å². The first-order valence-electron chi connectivity index (χ1n) is 4.89. The van der Waals surface area contributed by atoms with E-state index in [2.05, 4.69) is 37.6 Å². The van der Waals surface area contributed by atoms with E-state index < -0.39 is 0 Å². The summed E-state index contributed by atoms with van der Waals surface area (Å²) in [7, 11) is 0. The van der Waals surface area contributed by atoms with Crippen molar-refractivity contribution in [2.24, 2.45) is 0 Å². The van der Waals surface area contributed by atoms with Crippen LogP contribution >= 0.6 is 28.3 Å². The van der Waals surface area contributed by atoms with Crippen LogP contribution in [0.3, 0.4) is 0 Å². The third-order valence-corrected chi connectivity index (χ3v) is 2.88. The number of aromatic nitrogens is 1. The maximum atomic E-state index is 4.10. The summed E-state index contributed by atoms with van der Waals surface area (Å²) in [6, 6.07) is 4.72. The number of nitrogens with one attached hydrogen (secondary N) is 2. The van der Waals surface area contributed by atoms with Crippen LogP contribution < -0.4 is 10.6 Å². The van der Waals surface area contributed by atoms with Gasteiger partial charge in [0.1, 0.15) is 4.60 Å². The normalized spacial score (nSPS) is 19.9. The van der Waals surface area contributed by atoms with E-state index in [-0.39, 0.29) is 12.4 Å². The molecule has 0 radical (unpaired) electrons. The summed E-state index contributed by atoms with van der Waals surface area (Å²) in [6.45, 7) is 3.15. The van der Waals surface area contributed by atoms with Gasteiger partial charge in [-0.15, -0.1) is 12.4 Å². The first-order chi connectivity index (χ1) is 6.84. The van der Waals surface area contributed by atoms with Crippen molar-refractivity contribution in [1.29, 1.82) is 0 Å². The lowest BCUT2D eigenvalue weighted by Crippen LogP contribution is -2.30. The molecule has 1 aliphatic heterocycles. The average molecular weight is 293 g/mol. The van der Waals surface area contributed by atoms with E-state index in [0.29, 0.717) is 6.04 Å². The first kappa shape index (κ1) is 12.9. The Labute approximate surface area is 105 Å². The number of halogens is 2. The molecule has 0 aliphatic carbocycles. The lowest BCUT2D eigenvalue weighted by atomic mass is 10.2. The quantitative estimate of drug-likeness (QED) is 0.833. The third-order valence-electron chi connectivity index (χ3n) is 2.45. The molecule has 0 unspecified atom stereocenters. The molecule has 15 heavy (non-hydrogen) atoms. The van der Waals surface area contributed by atoms with Crippen molar-refractivity contribution in [3.63, 3.8) is 0 Å². The van der Waals surface area contributed by atoms with Crippen LogP contribution in [0.25, 0.3) is 0 Å². The smallest absolute Gasteiger partial charge is 0.106 e. The van der Waals surface area contributed by atoms with Gasteiger partial charge in [0, 0.05) is 25.3 Å². The van der Waals surface area contributed by atoms with Gasteiger partial charge in [0.2, 0.25) is 0 Å². The van der Waals surface area contributed by atoms with Crippen molar-refractivity contribution in [1.82, 2.24) is 15.6 Å². The Bertz CT molecular complexity index is 302. The van der Waals surface area contributed by atoms with Crippen molar-refractivity contribution < 1.29 is 0 Å². The van der Waals surface area contributed by atoms with Crippen LogP contribution in [-0.2, 0) is 6.54 Å². The number of pyridine rings is 1. The second-order valence-electron chi connectivity index (χ2n) is 3.56. The molecule has 1 saturated heterocycles. The molecule has 2 rings (SSSR count). The zero-order valence-electron chi connectivity index (χ0n) is 8.37. The van der Waals surface area contributed by atoms with E-state index in [0.717, 1.165) is 24.2 Å². The molecule has 0 saturated carbocycles. The SMILES string of the molecule is Brc1cc(CN[C@@H]2CCNC2)ccn1.Cl. The lowest BCUT2D eigenvalue weighted by Gasteiger charge is -2.10. The number of hydrogen-bond donors (Lipinski definition) is 2. The molecule has 0 spiro atoms. The Hall–Kier alpha value is -0.160. The molecule has 1 atom stereocenters. The fraction of sp³-hybridized carbons (Fsp3) is 0.500. The number of rotatable bonds is 3. The summed E-state index contributed by atoms with van der Waals surface area (Å²) < 4.78 is 0.904. The topological polar surface area (TPSA) is 37.0 Å². The minimum absolute atomic E-state index is 0. The molecular formula is C10H15BrClN3. The van der Waals surface area contributed by atoms with E-state index in [1.807, 2.05) is 12.3 Å². The Morgan fingerprint density at radius 3 is 3.13 bits per heavy atom. The van der Waals surface area contributed by atoms with Crippen LogP contribution in [0, 0.1) is 0 Å². The first-order valence-corrected chi connectivity index (χ1v) is 5.68.